The molecule has 1 fully saturated rings. The van der Waals surface area contributed by atoms with Crippen molar-refractivity contribution in [2.75, 3.05) is 19.8 Å². The minimum Gasteiger partial charge on any atom is -0.378 e. The Hall–Kier alpha value is -1.19. The average molecular weight is 231 g/mol. The van der Waals surface area contributed by atoms with Gasteiger partial charge in [0.1, 0.15) is 0 Å². The van der Waals surface area contributed by atoms with Gasteiger partial charge in [0.25, 0.3) is 0 Å². The largest absolute Gasteiger partial charge is 0.378 e. The molecule has 0 saturated carbocycles. The second-order valence-electron chi connectivity index (χ2n) is 4.85. The average Bonchev–Trinajstić information content (AvgIpc) is 2.37. The number of carbonyl (C=O) groups is 1. The van der Waals surface area contributed by atoms with Gasteiger partial charge in [-0.1, -0.05) is 24.3 Å². The van der Waals surface area contributed by atoms with E-state index in [1.54, 1.807) is 0 Å². The first-order valence-corrected chi connectivity index (χ1v) is 6.26. The molecule has 90 valence electrons. The third-order valence-electron chi connectivity index (χ3n) is 3.72. The van der Waals surface area contributed by atoms with Crippen LogP contribution in [0.4, 0.5) is 0 Å². The maximum atomic E-state index is 12.1. The maximum Gasteiger partial charge on any atom is 0.152 e. The van der Waals surface area contributed by atoms with Crippen LogP contribution in [-0.2, 0) is 16.0 Å². The fourth-order valence-corrected chi connectivity index (χ4v) is 2.70. The molecule has 1 aliphatic carbocycles. The highest BCUT2D eigenvalue weighted by Crippen LogP contribution is 2.37. The summed E-state index contributed by atoms with van der Waals surface area (Å²) in [7, 11) is 0. The van der Waals surface area contributed by atoms with E-state index in [-0.39, 0.29) is 6.04 Å². The van der Waals surface area contributed by atoms with Gasteiger partial charge in [-0.2, -0.15) is 0 Å². The molecule has 3 heteroatoms. The summed E-state index contributed by atoms with van der Waals surface area (Å²) in [6.45, 7) is 2.04. The quantitative estimate of drug-likeness (QED) is 0.851. The van der Waals surface area contributed by atoms with E-state index in [0.717, 1.165) is 19.6 Å². The molecule has 2 aliphatic rings. The molecule has 1 N–H and O–H groups in total. The smallest absolute Gasteiger partial charge is 0.152 e. The molecular formula is C14H17NO2. The predicted octanol–water partition coefficient (Wildman–Crippen LogP) is 1.27. The maximum absolute atomic E-state index is 12.1. The molecule has 2 atom stereocenters. The predicted molar refractivity (Wildman–Crippen MR) is 65.1 cm³/mol. The molecule has 3 rings (SSSR count). The van der Waals surface area contributed by atoms with Gasteiger partial charge in [0.05, 0.1) is 19.3 Å². The summed E-state index contributed by atoms with van der Waals surface area (Å²) >= 11 is 0. The first-order valence-electron chi connectivity index (χ1n) is 6.26. The Balaban J connectivity index is 1.60. The van der Waals surface area contributed by atoms with Crippen molar-refractivity contribution in [2.45, 2.75) is 24.8 Å². The third kappa shape index (κ3) is 2.13. The van der Waals surface area contributed by atoms with Crippen LogP contribution in [0, 0.1) is 0 Å². The molecule has 0 bridgehead atoms. The molecule has 1 aromatic carbocycles. The Labute approximate surface area is 101 Å². The fourth-order valence-electron chi connectivity index (χ4n) is 2.70. The van der Waals surface area contributed by atoms with E-state index >= 15 is 0 Å². The second-order valence-corrected chi connectivity index (χ2v) is 4.85. The van der Waals surface area contributed by atoms with Gasteiger partial charge in [-0.15, -0.1) is 0 Å². The van der Waals surface area contributed by atoms with Crippen molar-refractivity contribution in [3.05, 3.63) is 35.4 Å². The minimum absolute atomic E-state index is 0.0866. The number of hydrogen-bond donors (Lipinski definition) is 1. The van der Waals surface area contributed by atoms with E-state index < -0.39 is 0 Å². The molecular weight excluding hydrogens is 214 g/mol. The number of rotatable bonds is 3. The SMILES string of the molecule is O=C(CC1Cc2ccccc21)C1COCCN1. The van der Waals surface area contributed by atoms with E-state index in [1.807, 2.05) is 0 Å². The van der Waals surface area contributed by atoms with Crippen molar-refractivity contribution in [2.24, 2.45) is 0 Å². The third-order valence-corrected chi connectivity index (χ3v) is 3.72. The number of benzene rings is 1. The van der Waals surface area contributed by atoms with E-state index in [4.69, 9.17) is 4.74 Å². The van der Waals surface area contributed by atoms with Crippen molar-refractivity contribution < 1.29 is 9.53 Å². The van der Waals surface area contributed by atoms with Gasteiger partial charge >= 0.3 is 0 Å². The van der Waals surface area contributed by atoms with Crippen molar-refractivity contribution in [1.82, 2.24) is 5.32 Å². The van der Waals surface area contributed by atoms with Crippen LogP contribution in [0.1, 0.15) is 23.5 Å². The van der Waals surface area contributed by atoms with Crippen molar-refractivity contribution in [3.8, 4) is 0 Å². The molecule has 0 amide bonds. The molecule has 1 saturated heterocycles. The molecule has 2 unspecified atom stereocenters. The fraction of sp³-hybridized carbons (Fsp3) is 0.500. The van der Waals surface area contributed by atoms with Crippen LogP contribution in [-0.4, -0.2) is 31.6 Å². The summed E-state index contributed by atoms with van der Waals surface area (Å²) in [5, 5.41) is 3.22. The number of ketones is 1. The number of nitrogens with one attached hydrogen (secondary N) is 1. The standard InChI is InChI=1S/C14H17NO2/c16-14(13-9-17-6-5-15-13)8-11-7-10-3-1-2-4-12(10)11/h1-4,11,13,15H,5-9H2. The zero-order chi connectivity index (χ0) is 11.7. The van der Waals surface area contributed by atoms with Gasteiger partial charge in [-0.25, -0.2) is 0 Å². The Morgan fingerprint density at radius 2 is 2.29 bits per heavy atom. The summed E-state index contributed by atoms with van der Waals surface area (Å²) in [5.41, 5.74) is 2.76. The number of hydrogen-bond acceptors (Lipinski definition) is 3. The highest BCUT2D eigenvalue weighted by atomic mass is 16.5. The highest BCUT2D eigenvalue weighted by molar-refractivity contribution is 5.85. The molecule has 0 aromatic heterocycles. The molecule has 0 spiro atoms. The summed E-state index contributed by atoms with van der Waals surface area (Å²) in [6, 6.07) is 8.32. The van der Waals surface area contributed by atoms with Gasteiger partial charge in [-0.3, -0.25) is 4.79 Å². The minimum atomic E-state index is -0.0866. The van der Waals surface area contributed by atoms with Gasteiger partial charge in [0, 0.05) is 13.0 Å². The van der Waals surface area contributed by atoms with Gasteiger partial charge < -0.3 is 10.1 Å². The van der Waals surface area contributed by atoms with Crippen LogP contribution >= 0.6 is 0 Å². The Morgan fingerprint density at radius 3 is 3.06 bits per heavy atom. The van der Waals surface area contributed by atoms with E-state index in [1.165, 1.54) is 11.1 Å². The van der Waals surface area contributed by atoms with E-state index in [2.05, 4.69) is 29.6 Å². The van der Waals surface area contributed by atoms with Gasteiger partial charge in [-0.05, 0) is 23.5 Å². The molecule has 0 radical (unpaired) electrons. The Bertz CT molecular complexity index is 424. The summed E-state index contributed by atoms with van der Waals surface area (Å²) in [6.07, 6.45) is 1.70. The van der Waals surface area contributed by atoms with Crippen LogP contribution in [0.3, 0.4) is 0 Å². The Kier molecular flexibility index (Phi) is 2.95. The molecule has 1 aliphatic heterocycles. The Morgan fingerprint density at radius 1 is 1.41 bits per heavy atom. The molecule has 1 aromatic rings. The number of carbonyl (C=O) groups excluding carboxylic acids is 1. The van der Waals surface area contributed by atoms with Crippen LogP contribution in [0.2, 0.25) is 0 Å². The molecule has 1 heterocycles. The molecule has 3 nitrogen and oxygen atoms in total. The number of Topliss-reactive ketones (excluding diaryl/α,β-unsaturated/α-hetero) is 1. The normalized spacial score (nSPS) is 27.1. The van der Waals surface area contributed by atoms with Crippen molar-refractivity contribution in [3.63, 3.8) is 0 Å². The van der Waals surface area contributed by atoms with Crippen LogP contribution in [0.5, 0.6) is 0 Å². The highest BCUT2D eigenvalue weighted by Gasteiger charge is 2.30. The first-order chi connectivity index (χ1) is 8.34. The first kappa shape index (κ1) is 10.9. The lowest BCUT2D eigenvalue weighted by Gasteiger charge is -2.31. The zero-order valence-corrected chi connectivity index (χ0v) is 9.82. The van der Waals surface area contributed by atoms with E-state index in [0.29, 0.717) is 24.7 Å². The lowest BCUT2D eigenvalue weighted by molar-refractivity contribution is -0.124. The lowest BCUT2D eigenvalue weighted by atomic mass is 9.74. The number of ether oxygens (including phenoxy) is 1. The topological polar surface area (TPSA) is 38.3 Å². The van der Waals surface area contributed by atoms with Crippen LogP contribution in [0.25, 0.3) is 0 Å². The van der Waals surface area contributed by atoms with Crippen molar-refractivity contribution >= 4 is 5.78 Å². The summed E-state index contributed by atoms with van der Waals surface area (Å²) in [4.78, 5) is 12.1. The monoisotopic (exact) mass is 231 g/mol. The number of fused-ring (bicyclic) bond motifs is 1. The van der Waals surface area contributed by atoms with E-state index in [9.17, 15) is 4.79 Å². The van der Waals surface area contributed by atoms with Gasteiger partial charge in [0.15, 0.2) is 5.78 Å². The summed E-state index contributed by atoms with van der Waals surface area (Å²) < 4.78 is 5.32. The number of morpholine rings is 1. The van der Waals surface area contributed by atoms with Gasteiger partial charge in [0.2, 0.25) is 0 Å². The summed E-state index contributed by atoms with van der Waals surface area (Å²) in [5.74, 6) is 0.728. The van der Waals surface area contributed by atoms with Crippen molar-refractivity contribution in [1.29, 1.82) is 0 Å². The molecule has 17 heavy (non-hydrogen) atoms. The van der Waals surface area contributed by atoms with Crippen LogP contribution in [0.15, 0.2) is 24.3 Å². The zero-order valence-electron chi connectivity index (χ0n) is 9.82. The second kappa shape index (κ2) is 4.59. The van der Waals surface area contributed by atoms with Crippen LogP contribution < -0.4 is 5.32 Å². The lowest BCUT2D eigenvalue weighted by Crippen LogP contribution is -2.47.